The Labute approximate surface area is 96.3 Å². The van der Waals surface area contributed by atoms with Crippen molar-refractivity contribution in [3.05, 3.63) is 23.2 Å². The summed E-state index contributed by atoms with van der Waals surface area (Å²) in [5.41, 5.74) is -0.450. The van der Waals surface area contributed by atoms with Crippen molar-refractivity contribution in [2.24, 2.45) is 10.8 Å². The van der Waals surface area contributed by atoms with Gasteiger partial charge in [-0.05, 0) is 12.8 Å². The molecule has 0 amide bonds. The highest BCUT2D eigenvalue weighted by Crippen LogP contribution is 2.49. The van der Waals surface area contributed by atoms with Crippen LogP contribution in [0.1, 0.15) is 33.6 Å². The third-order valence-electron chi connectivity index (χ3n) is 3.80. The van der Waals surface area contributed by atoms with Gasteiger partial charge in [0.1, 0.15) is 0 Å². The van der Waals surface area contributed by atoms with Crippen molar-refractivity contribution in [2.45, 2.75) is 39.7 Å². The van der Waals surface area contributed by atoms with E-state index < -0.39 is 5.41 Å². The molecule has 0 unspecified atom stereocenters. The first-order valence-electron chi connectivity index (χ1n) is 5.68. The van der Waals surface area contributed by atoms with E-state index in [2.05, 4.69) is 11.8 Å². The van der Waals surface area contributed by atoms with Gasteiger partial charge >= 0.3 is 0 Å². The van der Waals surface area contributed by atoms with E-state index in [4.69, 9.17) is 11.3 Å². The van der Waals surface area contributed by atoms with Gasteiger partial charge in [0, 0.05) is 17.4 Å². The van der Waals surface area contributed by atoms with Crippen molar-refractivity contribution in [1.29, 1.82) is 0 Å². The summed E-state index contributed by atoms with van der Waals surface area (Å²) in [5.74, 6) is -0.0770. The van der Waals surface area contributed by atoms with Crippen LogP contribution in [-0.4, -0.2) is 18.5 Å². The molecule has 1 heterocycles. The van der Waals surface area contributed by atoms with E-state index in [0.717, 1.165) is 19.4 Å². The zero-order valence-corrected chi connectivity index (χ0v) is 10.0. The summed E-state index contributed by atoms with van der Waals surface area (Å²) in [7, 11) is 0. The highest BCUT2D eigenvalue weighted by molar-refractivity contribution is 6.02. The Bertz CT molecular complexity index is 403. The molecule has 1 aliphatic carbocycles. The van der Waals surface area contributed by atoms with Crippen molar-refractivity contribution < 1.29 is 9.53 Å². The predicted molar refractivity (Wildman–Crippen MR) is 60.6 cm³/mol. The van der Waals surface area contributed by atoms with E-state index >= 15 is 0 Å². The molecule has 2 atom stereocenters. The van der Waals surface area contributed by atoms with E-state index in [1.165, 1.54) is 0 Å². The van der Waals surface area contributed by atoms with Gasteiger partial charge in [-0.2, -0.15) is 0 Å². The SMILES string of the molecule is [C-]#[N+]C1=C[C@]2(C)CCCO[C@H]2C(C)(C)C1=O. The molecule has 2 rings (SSSR count). The van der Waals surface area contributed by atoms with Gasteiger partial charge in [0.2, 0.25) is 5.70 Å². The van der Waals surface area contributed by atoms with Crippen LogP contribution in [0.2, 0.25) is 0 Å². The van der Waals surface area contributed by atoms with Crippen molar-refractivity contribution in [3.8, 4) is 0 Å². The number of ether oxygens (including phenoxy) is 1. The molecule has 1 aliphatic heterocycles. The van der Waals surface area contributed by atoms with Gasteiger partial charge in [-0.15, -0.1) is 0 Å². The topological polar surface area (TPSA) is 30.7 Å². The minimum atomic E-state index is -0.580. The van der Waals surface area contributed by atoms with Gasteiger partial charge < -0.3 is 9.53 Å². The third kappa shape index (κ3) is 1.41. The number of nitrogens with zero attached hydrogens (tertiary/aromatic N) is 1. The van der Waals surface area contributed by atoms with Crippen LogP contribution in [0.5, 0.6) is 0 Å². The molecule has 0 aromatic rings. The van der Waals surface area contributed by atoms with Crippen LogP contribution in [-0.2, 0) is 9.53 Å². The Balaban J connectivity index is 2.53. The average molecular weight is 219 g/mol. The molecule has 3 heteroatoms. The fourth-order valence-corrected chi connectivity index (χ4v) is 3.07. The lowest BCUT2D eigenvalue weighted by Gasteiger charge is -2.49. The molecule has 0 aromatic heterocycles. The molecule has 1 saturated heterocycles. The molecule has 16 heavy (non-hydrogen) atoms. The summed E-state index contributed by atoms with van der Waals surface area (Å²) in [6.45, 7) is 13.7. The van der Waals surface area contributed by atoms with Gasteiger partial charge in [-0.3, -0.25) is 0 Å². The van der Waals surface area contributed by atoms with Crippen LogP contribution < -0.4 is 0 Å². The maximum absolute atomic E-state index is 12.1. The Morgan fingerprint density at radius 2 is 2.19 bits per heavy atom. The minimum absolute atomic E-state index is 0.0770. The standard InChI is InChI=1S/C13H17NO2/c1-12(2)10(15)9(14-4)8-13(3)6-5-7-16-11(12)13/h8,11H,5-7H2,1-3H3/t11-,13-/m0/s1. The van der Waals surface area contributed by atoms with Crippen molar-refractivity contribution >= 4 is 5.78 Å². The van der Waals surface area contributed by atoms with Crippen LogP contribution >= 0.6 is 0 Å². The molecule has 2 aliphatic rings. The summed E-state index contributed by atoms with van der Waals surface area (Å²) in [5, 5.41) is 0. The van der Waals surface area contributed by atoms with Gasteiger partial charge in [-0.1, -0.05) is 26.8 Å². The number of Topliss-reactive ketones (excluding diaryl/α,β-unsaturated/α-hetero) is 1. The summed E-state index contributed by atoms with van der Waals surface area (Å²) in [6.07, 6.45) is 3.73. The maximum atomic E-state index is 12.1. The Morgan fingerprint density at radius 1 is 1.50 bits per heavy atom. The number of hydrogen-bond donors (Lipinski definition) is 0. The van der Waals surface area contributed by atoms with Crippen LogP contribution in [0, 0.1) is 17.4 Å². The largest absolute Gasteiger partial charge is 0.376 e. The fraction of sp³-hybridized carbons (Fsp3) is 0.692. The second-order valence-electron chi connectivity index (χ2n) is 5.55. The third-order valence-corrected chi connectivity index (χ3v) is 3.80. The lowest BCUT2D eigenvalue weighted by Crippen LogP contribution is -2.54. The average Bonchev–Trinajstić information content (AvgIpc) is 2.24. The zero-order valence-electron chi connectivity index (χ0n) is 10.0. The first kappa shape index (κ1) is 11.3. The van der Waals surface area contributed by atoms with Crippen molar-refractivity contribution in [1.82, 2.24) is 0 Å². The number of carbonyl (C=O) groups is 1. The molecule has 0 spiro atoms. The normalized spacial score (nSPS) is 37.2. The highest BCUT2D eigenvalue weighted by atomic mass is 16.5. The van der Waals surface area contributed by atoms with Gasteiger partial charge in [0.05, 0.1) is 12.7 Å². The monoisotopic (exact) mass is 219 g/mol. The smallest absolute Gasteiger partial charge is 0.226 e. The van der Waals surface area contributed by atoms with Crippen LogP contribution in [0.25, 0.3) is 4.85 Å². The van der Waals surface area contributed by atoms with Gasteiger partial charge in [0.25, 0.3) is 0 Å². The van der Waals surface area contributed by atoms with Gasteiger partial charge in [0.15, 0.2) is 5.78 Å². The summed E-state index contributed by atoms with van der Waals surface area (Å²) in [4.78, 5) is 15.5. The number of rotatable bonds is 0. The second kappa shape index (κ2) is 3.43. The van der Waals surface area contributed by atoms with E-state index in [1.807, 2.05) is 19.9 Å². The molecule has 3 nitrogen and oxygen atoms in total. The van der Waals surface area contributed by atoms with Crippen LogP contribution in [0.4, 0.5) is 0 Å². The Kier molecular flexibility index (Phi) is 2.43. The number of fused-ring (bicyclic) bond motifs is 1. The fourth-order valence-electron chi connectivity index (χ4n) is 3.07. The molecular weight excluding hydrogens is 202 g/mol. The lowest BCUT2D eigenvalue weighted by molar-refractivity contribution is -0.152. The number of carbonyl (C=O) groups excluding carboxylic acids is 1. The number of allylic oxidation sites excluding steroid dienone is 1. The maximum Gasteiger partial charge on any atom is 0.226 e. The lowest BCUT2D eigenvalue weighted by atomic mass is 9.61. The molecule has 0 saturated carbocycles. The van der Waals surface area contributed by atoms with Crippen LogP contribution in [0.3, 0.4) is 0 Å². The molecule has 1 fully saturated rings. The number of ketones is 1. The summed E-state index contributed by atoms with van der Waals surface area (Å²) < 4.78 is 5.80. The molecule has 0 N–H and O–H groups in total. The van der Waals surface area contributed by atoms with Crippen molar-refractivity contribution in [3.63, 3.8) is 0 Å². The first-order chi connectivity index (χ1) is 7.42. The van der Waals surface area contributed by atoms with E-state index in [1.54, 1.807) is 0 Å². The molecule has 0 bridgehead atoms. The van der Waals surface area contributed by atoms with Crippen molar-refractivity contribution in [2.75, 3.05) is 6.61 Å². The van der Waals surface area contributed by atoms with Crippen LogP contribution in [0.15, 0.2) is 11.8 Å². The second-order valence-corrected chi connectivity index (χ2v) is 5.55. The minimum Gasteiger partial charge on any atom is -0.376 e. The molecule has 86 valence electrons. The zero-order chi connectivity index (χ0) is 12.0. The van der Waals surface area contributed by atoms with E-state index in [9.17, 15) is 4.79 Å². The summed E-state index contributed by atoms with van der Waals surface area (Å²) >= 11 is 0. The highest BCUT2D eigenvalue weighted by Gasteiger charge is 2.53. The first-order valence-corrected chi connectivity index (χ1v) is 5.68. The van der Waals surface area contributed by atoms with Gasteiger partial charge in [-0.25, -0.2) is 4.85 Å². The summed E-state index contributed by atoms with van der Waals surface area (Å²) in [6, 6.07) is 0. The number of hydrogen-bond acceptors (Lipinski definition) is 2. The quantitative estimate of drug-likeness (QED) is 0.586. The predicted octanol–water partition coefficient (Wildman–Crippen LogP) is 2.58. The molecule has 0 aromatic carbocycles. The Morgan fingerprint density at radius 3 is 2.81 bits per heavy atom. The Hall–Kier alpha value is -1.14. The van der Waals surface area contributed by atoms with E-state index in [-0.39, 0.29) is 23.0 Å². The molecular formula is C13H17NO2. The van der Waals surface area contributed by atoms with E-state index in [0.29, 0.717) is 0 Å². The molecule has 0 radical (unpaired) electrons.